The highest BCUT2D eigenvalue weighted by Gasteiger charge is 2.76. The summed E-state index contributed by atoms with van der Waals surface area (Å²) in [5, 5.41) is 11.1. The Kier molecular flexibility index (Phi) is 3.28. The summed E-state index contributed by atoms with van der Waals surface area (Å²) in [4.78, 5) is 25.1. The minimum atomic E-state index is -0.842. The molecule has 2 spiro atoms. The molecule has 6 nitrogen and oxygen atoms in total. The maximum absolute atomic E-state index is 12.7. The Balaban J connectivity index is 1.64. The van der Waals surface area contributed by atoms with E-state index in [1.54, 1.807) is 0 Å². The molecule has 6 heteroatoms. The van der Waals surface area contributed by atoms with Crippen LogP contribution in [-0.4, -0.2) is 47.6 Å². The van der Waals surface area contributed by atoms with Crippen molar-refractivity contribution in [2.45, 2.75) is 76.1 Å². The van der Waals surface area contributed by atoms with Crippen LogP contribution in [0.25, 0.3) is 0 Å². The van der Waals surface area contributed by atoms with E-state index >= 15 is 0 Å². The van der Waals surface area contributed by atoms with Gasteiger partial charge >= 0.3 is 11.9 Å². The average molecular weight is 364 g/mol. The molecule has 3 aliphatic heterocycles. The molecule has 5 rings (SSSR count). The van der Waals surface area contributed by atoms with Gasteiger partial charge in [-0.05, 0) is 44.9 Å². The minimum Gasteiger partial charge on any atom is -0.465 e. The Bertz CT molecular complexity index is 677. The molecular formula is C20H28O6. The van der Waals surface area contributed by atoms with Crippen LogP contribution in [0.4, 0.5) is 0 Å². The number of carbonyl (C=O) groups excluding carboxylic acids is 2. The second-order valence-electron chi connectivity index (χ2n) is 9.56. The van der Waals surface area contributed by atoms with E-state index < -0.39 is 28.1 Å². The fraction of sp³-hybridized carbons (Fsp3) is 0.900. The fourth-order valence-corrected chi connectivity index (χ4v) is 7.41. The summed E-state index contributed by atoms with van der Waals surface area (Å²) in [5.41, 5.74) is -2.47. The molecule has 3 unspecified atom stereocenters. The predicted molar refractivity (Wildman–Crippen MR) is 90.0 cm³/mol. The zero-order valence-electron chi connectivity index (χ0n) is 15.6. The van der Waals surface area contributed by atoms with Crippen molar-refractivity contribution in [1.29, 1.82) is 0 Å². The van der Waals surface area contributed by atoms with Gasteiger partial charge in [0.15, 0.2) is 5.60 Å². The third-order valence-electron chi connectivity index (χ3n) is 8.54. The summed E-state index contributed by atoms with van der Waals surface area (Å²) in [6.07, 6.45) is 4.61. The van der Waals surface area contributed by atoms with Gasteiger partial charge in [0.1, 0.15) is 6.61 Å². The van der Waals surface area contributed by atoms with Crippen molar-refractivity contribution in [3.63, 3.8) is 0 Å². The molecule has 3 saturated heterocycles. The number of aliphatic hydroxyl groups is 1. The first kappa shape index (κ1) is 17.0. The Hall–Kier alpha value is -1.14. The molecule has 3 heterocycles. The summed E-state index contributed by atoms with van der Waals surface area (Å²) >= 11 is 0. The first-order chi connectivity index (χ1) is 12.3. The number of cyclic esters (lactones) is 2. The van der Waals surface area contributed by atoms with E-state index in [0.717, 1.165) is 25.7 Å². The highest BCUT2D eigenvalue weighted by Crippen LogP contribution is 2.70. The molecule has 0 aromatic carbocycles. The summed E-state index contributed by atoms with van der Waals surface area (Å²) in [5.74, 6) is -0.504. The van der Waals surface area contributed by atoms with E-state index in [9.17, 15) is 14.7 Å². The first-order valence-electron chi connectivity index (χ1n) is 10.0. The third kappa shape index (κ3) is 1.71. The lowest BCUT2D eigenvalue weighted by atomic mass is 9.42. The molecule has 2 saturated carbocycles. The molecule has 5 aliphatic rings. The van der Waals surface area contributed by atoms with Gasteiger partial charge in [-0.25, -0.2) is 4.79 Å². The molecule has 0 amide bonds. The molecule has 0 aromatic rings. The molecule has 1 N–H and O–H groups in total. The quantitative estimate of drug-likeness (QED) is 0.662. The highest BCUT2D eigenvalue weighted by atomic mass is 16.6. The van der Waals surface area contributed by atoms with E-state index in [1.165, 1.54) is 0 Å². The molecule has 2 bridgehead atoms. The Morgan fingerprint density at radius 2 is 1.85 bits per heavy atom. The molecule has 7 atom stereocenters. The number of carbonyl (C=O) groups is 2. The fourth-order valence-electron chi connectivity index (χ4n) is 7.41. The Morgan fingerprint density at radius 3 is 2.58 bits per heavy atom. The third-order valence-corrected chi connectivity index (χ3v) is 8.54. The monoisotopic (exact) mass is 364 g/mol. The van der Waals surface area contributed by atoms with Gasteiger partial charge in [0, 0.05) is 17.8 Å². The molecule has 2 aliphatic carbocycles. The topological polar surface area (TPSA) is 82.1 Å². The standard InChI is InChI=1S/C20H28O6/c1-12-10-13(21)14-17(2)4-3-5-18(14,11-25-15(17)22)20(12)7-6-19(26-20)8-9-24-16(19)23/h12-14,21H,3-11H2,1-2H3/t12-,13-,14?,17-,18?,19?,20-/m1/s1. The van der Waals surface area contributed by atoms with Crippen molar-refractivity contribution in [1.82, 2.24) is 0 Å². The molecule has 0 aromatic heterocycles. The first-order valence-corrected chi connectivity index (χ1v) is 10.0. The minimum absolute atomic E-state index is 0.0978. The number of hydrogen-bond acceptors (Lipinski definition) is 6. The largest absolute Gasteiger partial charge is 0.465 e. The van der Waals surface area contributed by atoms with Crippen LogP contribution >= 0.6 is 0 Å². The van der Waals surface area contributed by atoms with Crippen LogP contribution in [-0.2, 0) is 23.8 Å². The molecular weight excluding hydrogens is 336 g/mol. The summed E-state index contributed by atoms with van der Waals surface area (Å²) in [7, 11) is 0. The maximum Gasteiger partial charge on any atom is 0.338 e. The second kappa shape index (κ2) is 5.02. The zero-order chi connectivity index (χ0) is 18.4. The second-order valence-corrected chi connectivity index (χ2v) is 9.56. The summed E-state index contributed by atoms with van der Waals surface area (Å²) in [6.45, 7) is 4.78. The van der Waals surface area contributed by atoms with Crippen LogP contribution in [0.3, 0.4) is 0 Å². The van der Waals surface area contributed by atoms with Gasteiger partial charge in [-0.2, -0.15) is 0 Å². The van der Waals surface area contributed by atoms with Crippen LogP contribution < -0.4 is 0 Å². The Morgan fingerprint density at radius 1 is 1.04 bits per heavy atom. The molecule has 5 fully saturated rings. The van der Waals surface area contributed by atoms with Gasteiger partial charge in [-0.3, -0.25) is 4.79 Å². The molecule has 0 radical (unpaired) electrons. The predicted octanol–water partition coefficient (Wildman–Crippen LogP) is 1.97. The number of hydrogen-bond donors (Lipinski definition) is 1. The van der Waals surface area contributed by atoms with Gasteiger partial charge in [0.25, 0.3) is 0 Å². The average Bonchev–Trinajstić information content (AvgIpc) is 3.16. The van der Waals surface area contributed by atoms with Crippen molar-refractivity contribution >= 4 is 11.9 Å². The van der Waals surface area contributed by atoms with Crippen molar-refractivity contribution in [3.8, 4) is 0 Å². The lowest BCUT2D eigenvalue weighted by molar-refractivity contribution is -0.302. The van der Waals surface area contributed by atoms with Gasteiger partial charge in [0.2, 0.25) is 0 Å². The van der Waals surface area contributed by atoms with Crippen molar-refractivity contribution in [3.05, 3.63) is 0 Å². The van der Waals surface area contributed by atoms with Crippen molar-refractivity contribution in [2.24, 2.45) is 22.7 Å². The number of rotatable bonds is 0. The molecule has 144 valence electrons. The summed E-state index contributed by atoms with van der Waals surface area (Å²) < 4.78 is 17.7. The number of aliphatic hydroxyl groups excluding tert-OH is 1. The van der Waals surface area contributed by atoms with Crippen molar-refractivity contribution < 1.29 is 28.9 Å². The van der Waals surface area contributed by atoms with Crippen LogP contribution in [0.2, 0.25) is 0 Å². The van der Waals surface area contributed by atoms with Crippen LogP contribution in [0.5, 0.6) is 0 Å². The SMILES string of the molecule is C[C@@H]1C[C@@H](O)C2C3(CCC[C@@]2(C)C(=O)OC3)[C@@]12CCC1(CCOC1=O)O2. The van der Waals surface area contributed by atoms with E-state index in [4.69, 9.17) is 14.2 Å². The maximum atomic E-state index is 12.7. The van der Waals surface area contributed by atoms with Crippen LogP contribution in [0, 0.1) is 22.7 Å². The van der Waals surface area contributed by atoms with E-state index in [2.05, 4.69) is 6.92 Å². The smallest absolute Gasteiger partial charge is 0.338 e. The molecule has 26 heavy (non-hydrogen) atoms. The lowest BCUT2D eigenvalue weighted by Crippen LogP contribution is -2.73. The number of esters is 2. The van der Waals surface area contributed by atoms with Crippen LogP contribution in [0.1, 0.15) is 58.8 Å². The van der Waals surface area contributed by atoms with E-state index in [-0.39, 0.29) is 23.8 Å². The van der Waals surface area contributed by atoms with Gasteiger partial charge in [0.05, 0.1) is 23.7 Å². The summed E-state index contributed by atoms with van der Waals surface area (Å²) in [6, 6.07) is 0. The normalized spacial score (nSPS) is 55.7. The van der Waals surface area contributed by atoms with Gasteiger partial charge < -0.3 is 19.3 Å². The van der Waals surface area contributed by atoms with Gasteiger partial charge in [-0.1, -0.05) is 13.3 Å². The lowest BCUT2D eigenvalue weighted by Gasteiger charge is -2.67. The van der Waals surface area contributed by atoms with Gasteiger partial charge in [-0.15, -0.1) is 0 Å². The van der Waals surface area contributed by atoms with E-state index in [0.29, 0.717) is 32.5 Å². The van der Waals surface area contributed by atoms with Crippen LogP contribution in [0.15, 0.2) is 0 Å². The van der Waals surface area contributed by atoms with E-state index in [1.807, 2.05) is 6.92 Å². The van der Waals surface area contributed by atoms with Crippen molar-refractivity contribution in [2.75, 3.05) is 13.2 Å². The highest BCUT2D eigenvalue weighted by molar-refractivity contribution is 5.82. The zero-order valence-corrected chi connectivity index (χ0v) is 15.6. The Labute approximate surface area is 153 Å². The number of ether oxygens (including phenoxy) is 3.